The molecule has 3 heteroatoms. The Bertz CT molecular complexity index is 1620. The first kappa shape index (κ1) is 17.6. The fourth-order valence-electron chi connectivity index (χ4n) is 5.40. The first-order valence-corrected chi connectivity index (χ1v) is 10.8. The van der Waals surface area contributed by atoms with Gasteiger partial charge in [0.15, 0.2) is 6.20 Å². The average molecular weight is 393 g/mol. The lowest BCUT2D eigenvalue weighted by Crippen LogP contribution is -2.29. The van der Waals surface area contributed by atoms with Crippen molar-refractivity contribution in [2.45, 2.75) is 34.1 Å². The summed E-state index contributed by atoms with van der Waals surface area (Å²) in [7, 11) is 2.17. The zero-order valence-electron chi connectivity index (χ0n) is 18.2. The fourth-order valence-corrected chi connectivity index (χ4v) is 5.40. The maximum Gasteiger partial charge on any atom is 0.224 e. The SMILES string of the molecule is Cc1cc2c3cnccc3n3c4cc(CC(C)C)cc5cc[n+](C)c(c(c1C)c23)c54. The molecule has 0 atom stereocenters. The highest BCUT2D eigenvalue weighted by Crippen LogP contribution is 2.41. The molecule has 6 rings (SSSR count). The molecule has 0 spiro atoms. The Morgan fingerprint density at radius 1 is 1.00 bits per heavy atom. The molecule has 6 aromatic rings. The maximum absolute atomic E-state index is 4.47. The molecule has 0 radical (unpaired) electrons. The van der Waals surface area contributed by atoms with Crippen LogP contribution in [0.2, 0.25) is 0 Å². The first-order valence-electron chi connectivity index (χ1n) is 10.8. The molecule has 30 heavy (non-hydrogen) atoms. The van der Waals surface area contributed by atoms with Gasteiger partial charge in [0.25, 0.3) is 0 Å². The van der Waals surface area contributed by atoms with Crippen LogP contribution in [0.15, 0.2) is 48.9 Å². The number of aryl methyl sites for hydroxylation is 3. The number of hydrogen-bond donors (Lipinski definition) is 0. The van der Waals surface area contributed by atoms with Gasteiger partial charge >= 0.3 is 0 Å². The summed E-state index contributed by atoms with van der Waals surface area (Å²) >= 11 is 0. The highest BCUT2D eigenvalue weighted by atomic mass is 15.0. The summed E-state index contributed by atoms with van der Waals surface area (Å²) in [6.45, 7) is 9.08. The lowest BCUT2D eigenvalue weighted by Gasteiger charge is -2.15. The van der Waals surface area contributed by atoms with Crippen molar-refractivity contribution in [2.24, 2.45) is 13.0 Å². The van der Waals surface area contributed by atoms with Gasteiger partial charge in [-0.05, 0) is 66.5 Å². The Morgan fingerprint density at radius 3 is 2.63 bits per heavy atom. The van der Waals surface area contributed by atoms with E-state index in [4.69, 9.17) is 0 Å². The lowest BCUT2D eigenvalue weighted by molar-refractivity contribution is -0.643. The number of hydrogen-bond acceptors (Lipinski definition) is 1. The van der Waals surface area contributed by atoms with Gasteiger partial charge in [0.1, 0.15) is 7.05 Å². The first-order chi connectivity index (χ1) is 14.5. The standard InChI is InChI=1S/C27H26N3/c1-15(2)10-18-12-19-7-9-29(5)27-24-17(4)16(3)11-20-21-14-28-8-6-22(21)30(26(20)24)23(13-18)25(19)27/h6-9,11-15H,10H2,1-5H3/q+1. The highest BCUT2D eigenvalue weighted by Gasteiger charge is 2.25. The molecule has 0 aliphatic carbocycles. The third-order valence-corrected chi connectivity index (χ3v) is 6.77. The van der Waals surface area contributed by atoms with Crippen molar-refractivity contribution >= 4 is 49.0 Å². The molecule has 0 N–H and O–H groups in total. The summed E-state index contributed by atoms with van der Waals surface area (Å²) in [4.78, 5) is 4.47. The van der Waals surface area contributed by atoms with E-state index >= 15 is 0 Å². The quantitative estimate of drug-likeness (QED) is 0.200. The molecule has 0 bridgehead atoms. The fraction of sp³-hybridized carbons (Fsp3) is 0.259. The van der Waals surface area contributed by atoms with Crippen molar-refractivity contribution in [1.29, 1.82) is 0 Å². The van der Waals surface area contributed by atoms with Crippen LogP contribution in [-0.2, 0) is 13.5 Å². The molecule has 4 heterocycles. The zero-order chi connectivity index (χ0) is 20.7. The van der Waals surface area contributed by atoms with Gasteiger partial charge in [0.2, 0.25) is 5.52 Å². The lowest BCUT2D eigenvalue weighted by atomic mass is 9.94. The number of nitrogens with zero attached hydrogens (tertiary/aromatic N) is 3. The molecule has 0 amide bonds. The second-order valence-corrected chi connectivity index (χ2v) is 9.27. The molecule has 0 saturated heterocycles. The molecule has 148 valence electrons. The van der Waals surface area contributed by atoms with Crippen LogP contribution in [0, 0.1) is 19.8 Å². The van der Waals surface area contributed by atoms with E-state index in [0.717, 1.165) is 6.42 Å². The summed E-state index contributed by atoms with van der Waals surface area (Å²) in [5, 5.41) is 6.57. The summed E-state index contributed by atoms with van der Waals surface area (Å²) < 4.78 is 4.79. The van der Waals surface area contributed by atoms with Crippen LogP contribution < -0.4 is 4.57 Å². The van der Waals surface area contributed by atoms with E-state index in [9.17, 15) is 0 Å². The predicted octanol–water partition coefficient (Wildman–Crippen LogP) is 6.02. The Morgan fingerprint density at radius 2 is 1.83 bits per heavy atom. The van der Waals surface area contributed by atoms with Crippen LogP contribution in [0.4, 0.5) is 0 Å². The van der Waals surface area contributed by atoms with Crippen molar-refractivity contribution in [2.75, 3.05) is 0 Å². The largest absolute Gasteiger partial charge is 0.307 e. The van der Waals surface area contributed by atoms with Gasteiger partial charge in [-0.25, -0.2) is 4.57 Å². The van der Waals surface area contributed by atoms with Gasteiger partial charge in [0, 0.05) is 29.2 Å². The van der Waals surface area contributed by atoms with E-state index in [0.29, 0.717) is 5.92 Å². The second-order valence-electron chi connectivity index (χ2n) is 9.27. The van der Waals surface area contributed by atoms with Crippen LogP contribution >= 0.6 is 0 Å². The van der Waals surface area contributed by atoms with Crippen LogP contribution in [-0.4, -0.2) is 9.38 Å². The zero-order valence-corrected chi connectivity index (χ0v) is 18.2. The molecule has 0 fully saturated rings. The van der Waals surface area contributed by atoms with Crippen molar-refractivity contribution in [3.8, 4) is 0 Å². The number of benzene rings is 2. The van der Waals surface area contributed by atoms with E-state index < -0.39 is 0 Å². The molecule has 0 aliphatic heterocycles. The van der Waals surface area contributed by atoms with Gasteiger partial charge in [0.05, 0.1) is 27.3 Å². The normalized spacial score (nSPS) is 12.6. The van der Waals surface area contributed by atoms with Crippen LogP contribution in [0.25, 0.3) is 49.0 Å². The van der Waals surface area contributed by atoms with Gasteiger partial charge in [-0.15, -0.1) is 0 Å². The van der Waals surface area contributed by atoms with Gasteiger partial charge in [-0.3, -0.25) is 4.98 Å². The van der Waals surface area contributed by atoms with Gasteiger partial charge in [-0.2, -0.15) is 0 Å². The third kappa shape index (κ3) is 2.15. The number of rotatable bonds is 2. The van der Waals surface area contributed by atoms with Gasteiger partial charge in [-0.1, -0.05) is 19.9 Å². The van der Waals surface area contributed by atoms with E-state index in [1.165, 1.54) is 65.7 Å². The summed E-state index contributed by atoms with van der Waals surface area (Å²) in [5.41, 5.74) is 9.29. The molecule has 0 unspecified atom stereocenters. The molecule has 2 aromatic carbocycles. The predicted molar refractivity (Wildman–Crippen MR) is 126 cm³/mol. The summed E-state index contributed by atoms with van der Waals surface area (Å²) in [6.07, 6.45) is 7.24. The Labute approximate surface area is 175 Å². The molecular formula is C27H26N3+. The number of pyridine rings is 3. The maximum atomic E-state index is 4.47. The summed E-state index contributed by atoms with van der Waals surface area (Å²) in [5.74, 6) is 0.625. The minimum absolute atomic E-state index is 0.625. The minimum atomic E-state index is 0.625. The summed E-state index contributed by atoms with van der Waals surface area (Å²) in [6, 6.07) is 11.6. The van der Waals surface area contributed by atoms with Crippen molar-refractivity contribution in [3.63, 3.8) is 0 Å². The molecule has 3 nitrogen and oxygen atoms in total. The van der Waals surface area contributed by atoms with Gasteiger partial charge < -0.3 is 4.40 Å². The van der Waals surface area contributed by atoms with E-state index in [-0.39, 0.29) is 0 Å². The Balaban J connectivity index is 2.02. The smallest absolute Gasteiger partial charge is 0.224 e. The molecular weight excluding hydrogens is 366 g/mol. The van der Waals surface area contributed by atoms with E-state index in [1.54, 1.807) is 0 Å². The average Bonchev–Trinajstić information content (AvgIpc) is 3.04. The Kier molecular flexibility index (Phi) is 3.48. The van der Waals surface area contributed by atoms with Crippen LogP contribution in [0.1, 0.15) is 30.5 Å². The van der Waals surface area contributed by atoms with Crippen molar-refractivity contribution in [3.05, 3.63) is 65.6 Å². The number of fused-ring (bicyclic) bond motifs is 5. The van der Waals surface area contributed by atoms with Crippen LogP contribution in [0.3, 0.4) is 0 Å². The Hall–Kier alpha value is -3.20. The van der Waals surface area contributed by atoms with Crippen molar-refractivity contribution in [1.82, 2.24) is 9.38 Å². The second kappa shape index (κ2) is 5.91. The topological polar surface area (TPSA) is 21.2 Å². The van der Waals surface area contributed by atoms with Crippen LogP contribution in [0.5, 0.6) is 0 Å². The van der Waals surface area contributed by atoms with E-state index in [2.05, 4.69) is 85.2 Å². The third-order valence-electron chi connectivity index (χ3n) is 6.77. The number of aromatic nitrogens is 3. The molecule has 0 saturated carbocycles. The van der Waals surface area contributed by atoms with Crippen molar-refractivity contribution < 1.29 is 4.57 Å². The molecule has 0 aliphatic rings. The highest BCUT2D eigenvalue weighted by molar-refractivity contribution is 6.26. The minimum Gasteiger partial charge on any atom is -0.307 e. The molecule has 4 aromatic heterocycles. The monoisotopic (exact) mass is 392 g/mol. The van der Waals surface area contributed by atoms with E-state index in [1.807, 2.05) is 12.4 Å².